The Labute approximate surface area is 82.0 Å². The zero-order valence-electron chi connectivity index (χ0n) is 7.99. The third-order valence-corrected chi connectivity index (χ3v) is 2.92. The maximum absolute atomic E-state index is 11.4. The Balaban J connectivity index is 2.46. The lowest BCUT2D eigenvalue weighted by atomic mass is 10.3. The van der Waals surface area contributed by atoms with E-state index in [1.165, 1.54) is 0 Å². The van der Waals surface area contributed by atoms with Crippen molar-refractivity contribution in [1.29, 1.82) is 0 Å². The smallest absolute Gasteiger partial charge is 0.117 e. The highest BCUT2D eigenvalue weighted by Crippen LogP contribution is 2.07. The minimum Gasteiger partial charge on any atom is -0.305 e. The molecule has 1 atom stereocenters. The number of benzene rings is 1. The summed E-state index contributed by atoms with van der Waals surface area (Å²) < 4.78 is 14.4. The van der Waals surface area contributed by atoms with Gasteiger partial charge in [-0.1, -0.05) is 32.0 Å². The Morgan fingerprint density at radius 2 is 1.92 bits per heavy atom. The van der Waals surface area contributed by atoms with Crippen molar-refractivity contribution in [3.8, 4) is 0 Å². The number of hydrogen-bond donors (Lipinski definition) is 1. The van der Waals surface area contributed by atoms with Gasteiger partial charge >= 0.3 is 0 Å². The molecule has 2 nitrogen and oxygen atoms in total. The van der Waals surface area contributed by atoms with Crippen LogP contribution in [0.2, 0.25) is 0 Å². The van der Waals surface area contributed by atoms with E-state index >= 15 is 0 Å². The number of para-hydroxylation sites is 1. The Morgan fingerprint density at radius 1 is 1.31 bits per heavy atom. The van der Waals surface area contributed by atoms with Crippen molar-refractivity contribution >= 4 is 16.7 Å². The SMILES string of the molecule is CC(C)CS(=O)Nc1ccccc1. The molecule has 0 aliphatic heterocycles. The van der Waals surface area contributed by atoms with Gasteiger partial charge < -0.3 is 4.72 Å². The summed E-state index contributed by atoms with van der Waals surface area (Å²) in [5.74, 6) is 1.14. The van der Waals surface area contributed by atoms with Crippen LogP contribution >= 0.6 is 0 Å². The lowest BCUT2D eigenvalue weighted by Gasteiger charge is -2.07. The van der Waals surface area contributed by atoms with E-state index in [9.17, 15) is 4.21 Å². The van der Waals surface area contributed by atoms with Crippen LogP contribution in [0.15, 0.2) is 30.3 Å². The standard InChI is InChI=1S/C10H15NOS/c1-9(2)8-13(12)11-10-6-4-3-5-7-10/h3-7,9,11H,8H2,1-2H3. The molecule has 0 aliphatic carbocycles. The molecule has 13 heavy (non-hydrogen) atoms. The normalized spacial score (nSPS) is 12.8. The van der Waals surface area contributed by atoms with Crippen LogP contribution in [0.4, 0.5) is 5.69 Å². The number of anilines is 1. The van der Waals surface area contributed by atoms with Gasteiger partial charge in [0.25, 0.3) is 0 Å². The fourth-order valence-electron chi connectivity index (χ4n) is 0.982. The zero-order chi connectivity index (χ0) is 9.68. The maximum Gasteiger partial charge on any atom is 0.117 e. The summed E-state index contributed by atoms with van der Waals surface area (Å²) >= 11 is 0. The first-order valence-electron chi connectivity index (χ1n) is 4.38. The molecule has 1 unspecified atom stereocenters. The van der Waals surface area contributed by atoms with E-state index in [0.717, 1.165) is 5.69 Å². The number of hydrogen-bond acceptors (Lipinski definition) is 1. The van der Waals surface area contributed by atoms with Crippen LogP contribution in [0.3, 0.4) is 0 Å². The summed E-state index contributed by atoms with van der Waals surface area (Å²) in [7, 11) is -0.951. The van der Waals surface area contributed by atoms with Crippen LogP contribution in [0.5, 0.6) is 0 Å². The van der Waals surface area contributed by atoms with Crippen molar-refractivity contribution in [1.82, 2.24) is 0 Å². The first-order valence-corrected chi connectivity index (χ1v) is 5.70. The van der Waals surface area contributed by atoms with E-state index in [-0.39, 0.29) is 0 Å². The van der Waals surface area contributed by atoms with E-state index in [1.54, 1.807) is 0 Å². The van der Waals surface area contributed by atoms with Crippen LogP contribution in [0.25, 0.3) is 0 Å². The fourth-order valence-corrected chi connectivity index (χ4v) is 2.07. The molecule has 0 bridgehead atoms. The molecule has 0 radical (unpaired) electrons. The summed E-state index contributed by atoms with van der Waals surface area (Å²) in [5.41, 5.74) is 0.918. The lowest BCUT2D eigenvalue weighted by molar-refractivity contribution is 0.668. The van der Waals surface area contributed by atoms with Crippen molar-refractivity contribution in [2.45, 2.75) is 13.8 Å². The molecule has 1 aromatic carbocycles. The molecule has 0 heterocycles. The molecule has 0 amide bonds. The molecule has 0 aromatic heterocycles. The Bertz CT molecular complexity index is 272. The molecule has 1 N–H and O–H groups in total. The summed E-state index contributed by atoms with van der Waals surface area (Å²) in [5, 5.41) is 0. The lowest BCUT2D eigenvalue weighted by Crippen LogP contribution is -2.12. The van der Waals surface area contributed by atoms with Gasteiger partial charge in [-0.3, -0.25) is 0 Å². The first kappa shape index (κ1) is 10.3. The van der Waals surface area contributed by atoms with Gasteiger partial charge in [0.2, 0.25) is 0 Å². The molecule has 0 saturated heterocycles. The number of nitrogens with one attached hydrogen (secondary N) is 1. The Morgan fingerprint density at radius 3 is 2.46 bits per heavy atom. The molecular formula is C10H15NOS. The molecular weight excluding hydrogens is 182 g/mol. The van der Waals surface area contributed by atoms with Crippen molar-refractivity contribution in [3.63, 3.8) is 0 Å². The van der Waals surface area contributed by atoms with Crippen molar-refractivity contribution < 1.29 is 4.21 Å². The quantitative estimate of drug-likeness (QED) is 0.789. The summed E-state index contributed by atoms with van der Waals surface area (Å²) in [4.78, 5) is 0. The Kier molecular flexibility index (Phi) is 3.96. The van der Waals surface area contributed by atoms with Crippen LogP contribution in [-0.2, 0) is 11.0 Å². The molecule has 3 heteroatoms. The molecule has 1 aromatic rings. The molecule has 0 fully saturated rings. The second kappa shape index (κ2) is 5.02. The van der Waals surface area contributed by atoms with Gasteiger partial charge in [-0.25, -0.2) is 4.21 Å². The van der Waals surface area contributed by atoms with Crippen molar-refractivity contribution in [2.24, 2.45) is 5.92 Å². The van der Waals surface area contributed by atoms with Crippen LogP contribution in [0, 0.1) is 5.92 Å². The van der Waals surface area contributed by atoms with Crippen molar-refractivity contribution in [2.75, 3.05) is 10.5 Å². The topological polar surface area (TPSA) is 29.1 Å². The van der Waals surface area contributed by atoms with E-state index < -0.39 is 11.0 Å². The average molecular weight is 197 g/mol. The van der Waals surface area contributed by atoms with Crippen LogP contribution < -0.4 is 4.72 Å². The highest BCUT2D eigenvalue weighted by Gasteiger charge is 2.02. The fraction of sp³-hybridized carbons (Fsp3) is 0.400. The van der Waals surface area contributed by atoms with E-state index in [0.29, 0.717) is 11.7 Å². The molecule has 1 rings (SSSR count). The predicted molar refractivity (Wildman–Crippen MR) is 57.9 cm³/mol. The zero-order valence-corrected chi connectivity index (χ0v) is 8.80. The second-order valence-electron chi connectivity index (χ2n) is 3.37. The highest BCUT2D eigenvalue weighted by atomic mass is 32.2. The third-order valence-electron chi connectivity index (χ3n) is 1.49. The average Bonchev–Trinajstić information content (AvgIpc) is 2.04. The van der Waals surface area contributed by atoms with E-state index in [1.807, 2.05) is 30.3 Å². The predicted octanol–water partition coefficient (Wildman–Crippen LogP) is 2.42. The van der Waals surface area contributed by atoms with Gasteiger partial charge in [0.15, 0.2) is 0 Å². The molecule has 72 valence electrons. The minimum absolute atomic E-state index is 0.456. The van der Waals surface area contributed by atoms with Gasteiger partial charge in [-0.2, -0.15) is 0 Å². The van der Waals surface area contributed by atoms with Gasteiger partial charge in [-0.15, -0.1) is 0 Å². The van der Waals surface area contributed by atoms with Crippen LogP contribution in [0.1, 0.15) is 13.8 Å². The summed E-state index contributed by atoms with van der Waals surface area (Å²) in [6.45, 7) is 4.12. The first-order chi connectivity index (χ1) is 6.18. The Hall–Kier alpha value is -0.830. The second-order valence-corrected chi connectivity index (χ2v) is 4.60. The third kappa shape index (κ3) is 4.08. The highest BCUT2D eigenvalue weighted by molar-refractivity contribution is 7.86. The summed E-state index contributed by atoms with van der Waals surface area (Å²) in [6.07, 6.45) is 0. The van der Waals surface area contributed by atoms with E-state index in [2.05, 4.69) is 18.6 Å². The molecule has 0 saturated carbocycles. The van der Waals surface area contributed by atoms with Crippen molar-refractivity contribution in [3.05, 3.63) is 30.3 Å². The molecule has 0 spiro atoms. The largest absolute Gasteiger partial charge is 0.305 e. The van der Waals surface area contributed by atoms with Gasteiger partial charge in [0.1, 0.15) is 11.0 Å². The van der Waals surface area contributed by atoms with E-state index in [4.69, 9.17) is 0 Å². The minimum atomic E-state index is -0.951. The van der Waals surface area contributed by atoms with Gasteiger partial charge in [0.05, 0.1) is 0 Å². The summed E-state index contributed by atoms with van der Waals surface area (Å²) in [6, 6.07) is 9.62. The van der Waals surface area contributed by atoms with Gasteiger partial charge in [-0.05, 0) is 18.1 Å². The maximum atomic E-state index is 11.4. The number of rotatable bonds is 4. The monoisotopic (exact) mass is 197 g/mol. The van der Waals surface area contributed by atoms with Crippen LogP contribution in [-0.4, -0.2) is 9.96 Å². The van der Waals surface area contributed by atoms with Gasteiger partial charge in [0, 0.05) is 11.4 Å². The molecule has 0 aliphatic rings.